The Kier molecular flexibility index (Phi) is 3.58. The molecule has 7 nitrogen and oxygen atoms in total. The molecule has 114 valence electrons. The second-order valence-corrected chi connectivity index (χ2v) is 7.44. The third kappa shape index (κ3) is 2.73. The van der Waals surface area contributed by atoms with Crippen LogP contribution in [0.4, 0.5) is 0 Å². The molecule has 3 heterocycles. The van der Waals surface area contributed by atoms with Gasteiger partial charge in [-0.2, -0.15) is 14.5 Å². The fourth-order valence-corrected chi connectivity index (χ4v) is 4.27. The van der Waals surface area contributed by atoms with Crippen molar-refractivity contribution in [1.82, 2.24) is 23.9 Å². The molecule has 1 aliphatic heterocycles. The van der Waals surface area contributed by atoms with Gasteiger partial charge in [-0.1, -0.05) is 0 Å². The van der Waals surface area contributed by atoms with Crippen molar-refractivity contribution < 1.29 is 8.42 Å². The highest BCUT2D eigenvalue weighted by molar-refractivity contribution is 7.89. The molecule has 2 aromatic rings. The van der Waals surface area contributed by atoms with Crippen LogP contribution in [0.1, 0.15) is 24.3 Å². The fourth-order valence-electron chi connectivity index (χ4n) is 2.76. The van der Waals surface area contributed by atoms with Crippen molar-refractivity contribution in [2.24, 2.45) is 14.1 Å². The first kappa shape index (κ1) is 14.3. The minimum absolute atomic E-state index is 0.207. The van der Waals surface area contributed by atoms with Gasteiger partial charge in [0.05, 0.1) is 12.4 Å². The van der Waals surface area contributed by atoms with E-state index in [1.807, 2.05) is 19.4 Å². The first-order valence-corrected chi connectivity index (χ1v) is 8.38. The highest BCUT2D eigenvalue weighted by atomic mass is 32.2. The van der Waals surface area contributed by atoms with Gasteiger partial charge in [-0.05, 0) is 18.4 Å². The molecule has 0 amide bonds. The van der Waals surface area contributed by atoms with Crippen molar-refractivity contribution in [1.29, 1.82) is 0 Å². The zero-order chi connectivity index (χ0) is 15.0. The quantitative estimate of drug-likeness (QED) is 0.837. The zero-order valence-electron chi connectivity index (χ0n) is 12.2. The lowest BCUT2D eigenvalue weighted by Crippen LogP contribution is -2.38. The minimum atomic E-state index is -3.45. The number of piperidine rings is 1. The topological polar surface area (TPSA) is 73.0 Å². The van der Waals surface area contributed by atoms with E-state index in [9.17, 15) is 8.42 Å². The molecular formula is C13H19N5O2S. The van der Waals surface area contributed by atoms with Crippen molar-refractivity contribution in [3.8, 4) is 0 Å². The van der Waals surface area contributed by atoms with E-state index in [2.05, 4.69) is 10.2 Å². The second kappa shape index (κ2) is 5.27. The summed E-state index contributed by atoms with van der Waals surface area (Å²) in [6, 6.07) is 0. The summed E-state index contributed by atoms with van der Waals surface area (Å²) >= 11 is 0. The van der Waals surface area contributed by atoms with E-state index in [1.165, 1.54) is 10.9 Å². The molecule has 0 aromatic carbocycles. The molecule has 21 heavy (non-hydrogen) atoms. The van der Waals surface area contributed by atoms with E-state index in [4.69, 9.17) is 0 Å². The summed E-state index contributed by atoms with van der Waals surface area (Å²) in [5.74, 6) is 0.207. The number of hydrogen-bond acceptors (Lipinski definition) is 4. The van der Waals surface area contributed by atoms with Gasteiger partial charge in [0.2, 0.25) is 10.0 Å². The average molecular weight is 309 g/mol. The minimum Gasteiger partial charge on any atom is -0.276 e. The maximum atomic E-state index is 12.6. The Morgan fingerprint density at radius 1 is 1.14 bits per heavy atom. The van der Waals surface area contributed by atoms with Gasteiger partial charge in [0.25, 0.3) is 0 Å². The molecule has 8 heteroatoms. The monoisotopic (exact) mass is 309 g/mol. The summed E-state index contributed by atoms with van der Waals surface area (Å²) in [4.78, 5) is 0.261. The molecule has 3 rings (SSSR count). The van der Waals surface area contributed by atoms with Crippen LogP contribution in [0.15, 0.2) is 29.7 Å². The second-order valence-electron chi connectivity index (χ2n) is 5.50. The van der Waals surface area contributed by atoms with E-state index in [0.29, 0.717) is 13.1 Å². The number of aryl methyl sites for hydroxylation is 2. The fraction of sp³-hybridized carbons (Fsp3) is 0.538. The van der Waals surface area contributed by atoms with E-state index in [1.54, 1.807) is 22.2 Å². The van der Waals surface area contributed by atoms with Crippen molar-refractivity contribution >= 4 is 10.0 Å². The van der Waals surface area contributed by atoms with Crippen LogP contribution in [-0.2, 0) is 24.1 Å². The van der Waals surface area contributed by atoms with Gasteiger partial charge in [0, 0.05) is 45.5 Å². The van der Waals surface area contributed by atoms with Crippen LogP contribution >= 0.6 is 0 Å². The standard InChI is InChI=1S/C13H19N5O2S/c1-16-8-12(6-14-16)11-4-3-5-18(9-11)21(19,20)13-7-15-17(2)10-13/h6-8,10-11H,3-5,9H2,1-2H3. The molecule has 0 bridgehead atoms. The summed E-state index contributed by atoms with van der Waals surface area (Å²) in [7, 11) is 0.135. The summed E-state index contributed by atoms with van der Waals surface area (Å²) in [5, 5.41) is 8.13. The number of sulfonamides is 1. The molecule has 0 spiro atoms. The first-order chi connectivity index (χ1) is 9.96. The molecule has 0 N–H and O–H groups in total. The lowest BCUT2D eigenvalue weighted by atomic mass is 9.94. The van der Waals surface area contributed by atoms with E-state index in [-0.39, 0.29) is 10.8 Å². The van der Waals surface area contributed by atoms with Crippen LogP contribution in [0.5, 0.6) is 0 Å². The third-order valence-corrected chi connectivity index (χ3v) is 5.72. The van der Waals surface area contributed by atoms with E-state index in [0.717, 1.165) is 18.4 Å². The molecule has 2 aromatic heterocycles. The predicted molar refractivity (Wildman–Crippen MR) is 77.1 cm³/mol. The maximum Gasteiger partial charge on any atom is 0.246 e. The third-order valence-electron chi connectivity index (χ3n) is 3.90. The Morgan fingerprint density at radius 2 is 1.86 bits per heavy atom. The lowest BCUT2D eigenvalue weighted by molar-refractivity contribution is 0.315. The van der Waals surface area contributed by atoms with Gasteiger partial charge in [-0.3, -0.25) is 9.36 Å². The predicted octanol–water partition coefficient (Wildman–Crippen LogP) is 0.722. The molecule has 1 unspecified atom stereocenters. The summed E-state index contributed by atoms with van der Waals surface area (Å²) in [6.07, 6.45) is 8.59. The smallest absolute Gasteiger partial charge is 0.246 e. The van der Waals surface area contributed by atoms with Crippen molar-refractivity contribution in [2.75, 3.05) is 13.1 Å². The number of hydrogen-bond donors (Lipinski definition) is 0. The van der Waals surface area contributed by atoms with E-state index >= 15 is 0 Å². The van der Waals surface area contributed by atoms with Gasteiger partial charge in [0.15, 0.2) is 0 Å². The first-order valence-electron chi connectivity index (χ1n) is 6.94. The Bertz CT molecular complexity index is 733. The Morgan fingerprint density at radius 3 is 2.48 bits per heavy atom. The van der Waals surface area contributed by atoms with Crippen LogP contribution in [0.2, 0.25) is 0 Å². The normalized spacial score (nSPS) is 20.8. The zero-order valence-corrected chi connectivity index (χ0v) is 13.0. The van der Waals surface area contributed by atoms with Gasteiger partial charge < -0.3 is 0 Å². The van der Waals surface area contributed by atoms with Gasteiger partial charge in [-0.25, -0.2) is 8.42 Å². The van der Waals surface area contributed by atoms with Crippen LogP contribution in [0, 0.1) is 0 Å². The largest absolute Gasteiger partial charge is 0.276 e. The highest BCUT2D eigenvalue weighted by Gasteiger charge is 2.32. The molecule has 1 aliphatic rings. The van der Waals surface area contributed by atoms with Gasteiger partial charge in [-0.15, -0.1) is 0 Å². The Labute approximate surface area is 124 Å². The molecule has 0 radical (unpaired) electrons. The summed E-state index contributed by atoms with van der Waals surface area (Å²) < 4.78 is 30.1. The van der Waals surface area contributed by atoms with Crippen LogP contribution in [0.25, 0.3) is 0 Å². The van der Waals surface area contributed by atoms with Gasteiger partial charge >= 0.3 is 0 Å². The van der Waals surface area contributed by atoms with Crippen LogP contribution < -0.4 is 0 Å². The maximum absolute atomic E-state index is 12.6. The summed E-state index contributed by atoms with van der Waals surface area (Å²) in [6.45, 7) is 1.07. The molecule has 1 saturated heterocycles. The average Bonchev–Trinajstić information content (AvgIpc) is 3.08. The summed E-state index contributed by atoms with van der Waals surface area (Å²) in [5.41, 5.74) is 1.10. The Balaban J connectivity index is 1.83. The molecule has 1 fully saturated rings. The molecule has 0 aliphatic carbocycles. The van der Waals surface area contributed by atoms with E-state index < -0.39 is 10.0 Å². The van der Waals surface area contributed by atoms with Crippen molar-refractivity contribution in [3.05, 3.63) is 30.4 Å². The molecule has 0 saturated carbocycles. The molecular weight excluding hydrogens is 290 g/mol. The number of nitrogens with zero attached hydrogens (tertiary/aromatic N) is 5. The van der Waals surface area contributed by atoms with Crippen molar-refractivity contribution in [2.45, 2.75) is 23.7 Å². The SMILES string of the molecule is Cn1cc(C2CCCN(S(=O)(=O)c3cnn(C)c3)C2)cn1. The number of aromatic nitrogens is 4. The van der Waals surface area contributed by atoms with Crippen molar-refractivity contribution in [3.63, 3.8) is 0 Å². The van der Waals surface area contributed by atoms with Crippen LogP contribution in [0.3, 0.4) is 0 Å². The highest BCUT2D eigenvalue weighted by Crippen LogP contribution is 2.29. The Hall–Kier alpha value is -1.67. The molecule has 1 atom stereocenters. The van der Waals surface area contributed by atoms with Gasteiger partial charge in [0.1, 0.15) is 4.90 Å². The number of rotatable bonds is 3. The lowest BCUT2D eigenvalue weighted by Gasteiger charge is -2.31. The van der Waals surface area contributed by atoms with Crippen LogP contribution in [-0.4, -0.2) is 45.4 Å².